The number of pyridine rings is 1. The van der Waals surface area contributed by atoms with Crippen LogP contribution < -0.4 is 4.90 Å². The van der Waals surface area contributed by atoms with E-state index in [1.807, 2.05) is 0 Å². The van der Waals surface area contributed by atoms with E-state index in [1.54, 1.807) is 45.3 Å². The molecule has 0 saturated heterocycles. The second kappa shape index (κ2) is 8.93. The fourth-order valence-corrected chi connectivity index (χ4v) is 3.84. The molecule has 0 N–H and O–H groups in total. The lowest BCUT2D eigenvalue weighted by Gasteiger charge is -2.23. The lowest BCUT2D eigenvalue weighted by molar-refractivity contribution is -0.136. The Morgan fingerprint density at radius 2 is 1.77 bits per heavy atom. The van der Waals surface area contributed by atoms with Crippen LogP contribution in [-0.2, 0) is 17.3 Å². The smallest absolute Gasteiger partial charge is 0.418 e. The molecule has 0 radical (unpaired) electrons. The Morgan fingerprint density at radius 3 is 2.35 bits per heavy atom. The van der Waals surface area contributed by atoms with Crippen LogP contribution >= 0.6 is 23.2 Å². The Balaban J connectivity index is 2.49. The van der Waals surface area contributed by atoms with Gasteiger partial charge >= 0.3 is 12.1 Å². The number of halogens is 5. The zero-order valence-electron chi connectivity index (χ0n) is 17.0. The van der Waals surface area contributed by atoms with Gasteiger partial charge in [-0.3, -0.25) is 0 Å². The molecule has 0 amide bonds. The van der Waals surface area contributed by atoms with Gasteiger partial charge in [-0.2, -0.15) is 13.2 Å². The van der Waals surface area contributed by atoms with Crippen molar-refractivity contribution in [2.75, 3.05) is 25.6 Å². The molecule has 0 aliphatic carbocycles. The van der Waals surface area contributed by atoms with Crippen molar-refractivity contribution in [1.82, 2.24) is 4.98 Å². The lowest BCUT2D eigenvalue weighted by atomic mass is 9.94. The molecule has 2 aromatic carbocycles. The Bertz CT molecular complexity index is 1150. The summed E-state index contributed by atoms with van der Waals surface area (Å²) in [6, 6.07) is 8.95. The number of esters is 1. The molecule has 1 aromatic heterocycles. The maximum Gasteiger partial charge on any atom is 0.418 e. The van der Waals surface area contributed by atoms with E-state index in [0.29, 0.717) is 10.6 Å². The van der Waals surface area contributed by atoms with E-state index in [0.717, 1.165) is 12.1 Å². The highest BCUT2D eigenvalue weighted by atomic mass is 35.5. The third kappa shape index (κ3) is 4.57. The molecule has 1 heterocycles. The number of hydrogen-bond acceptors (Lipinski definition) is 4. The van der Waals surface area contributed by atoms with Crippen LogP contribution in [0.3, 0.4) is 0 Å². The van der Waals surface area contributed by atoms with Crippen molar-refractivity contribution in [3.8, 4) is 0 Å². The highest BCUT2D eigenvalue weighted by Crippen LogP contribution is 2.41. The van der Waals surface area contributed by atoms with Crippen LogP contribution in [0.25, 0.3) is 10.9 Å². The van der Waals surface area contributed by atoms with E-state index in [1.165, 1.54) is 4.90 Å². The first-order valence-corrected chi connectivity index (χ1v) is 10.1. The first kappa shape index (κ1) is 23.2. The van der Waals surface area contributed by atoms with E-state index in [4.69, 9.17) is 27.9 Å². The minimum absolute atomic E-state index is 0.0464. The summed E-state index contributed by atoms with van der Waals surface area (Å²) in [5, 5.41) is 0.509. The standard InChI is InChI=1S/C22H19Cl2F3N2O2/c1-4-31-21(30)18-13(11-12-7-5-6-8-15(12)23)17-16(24)10-9-14(22(25,26)27)19(17)28-20(18)29(2)3/h5-10H,4,11H2,1-3H3. The topological polar surface area (TPSA) is 42.4 Å². The van der Waals surface area contributed by atoms with Crippen molar-refractivity contribution in [2.45, 2.75) is 19.5 Å². The molecular formula is C22H19Cl2F3N2O2. The average Bonchev–Trinajstić information content (AvgIpc) is 2.68. The maximum absolute atomic E-state index is 13.8. The number of nitrogens with zero attached hydrogens (tertiary/aromatic N) is 2. The number of fused-ring (bicyclic) bond motifs is 1. The van der Waals surface area contributed by atoms with Gasteiger partial charge in [-0.05, 0) is 36.2 Å². The van der Waals surface area contributed by atoms with Gasteiger partial charge in [0.15, 0.2) is 0 Å². The van der Waals surface area contributed by atoms with E-state index in [2.05, 4.69) is 4.98 Å². The molecule has 0 aliphatic rings. The van der Waals surface area contributed by atoms with E-state index < -0.39 is 17.7 Å². The molecule has 9 heteroatoms. The van der Waals surface area contributed by atoms with Gasteiger partial charge in [0.1, 0.15) is 11.4 Å². The highest BCUT2D eigenvalue weighted by molar-refractivity contribution is 6.36. The number of anilines is 1. The van der Waals surface area contributed by atoms with E-state index in [9.17, 15) is 18.0 Å². The first-order chi connectivity index (χ1) is 14.6. The Kier molecular flexibility index (Phi) is 6.67. The number of alkyl halides is 3. The number of aromatic nitrogens is 1. The number of benzene rings is 2. The number of carbonyl (C=O) groups excluding carboxylic acids is 1. The summed E-state index contributed by atoms with van der Waals surface area (Å²) in [6.07, 6.45) is -4.60. The summed E-state index contributed by atoms with van der Waals surface area (Å²) in [5.41, 5.74) is -0.318. The molecule has 0 saturated carbocycles. The van der Waals surface area contributed by atoms with Crippen LogP contribution in [0.5, 0.6) is 0 Å². The summed E-state index contributed by atoms with van der Waals surface area (Å²) in [5.74, 6) is -0.642. The van der Waals surface area contributed by atoms with Crippen LogP contribution in [0.15, 0.2) is 36.4 Å². The molecule has 4 nitrogen and oxygen atoms in total. The highest BCUT2D eigenvalue weighted by Gasteiger charge is 2.36. The van der Waals surface area contributed by atoms with Crippen LogP contribution in [-0.4, -0.2) is 31.7 Å². The normalized spacial score (nSPS) is 11.6. The fraction of sp³-hybridized carbons (Fsp3) is 0.273. The maximum atomic E-state index is 13.8. The second-order valence-corrected chi connectivity index (χ2v) is 7.80. The molecule has 0 bridgehead atoms. The third-order valence-corrected chi connectivity index (χ3v) is 5.39. The van der Waals surface area contributed by atoms with Crippen LogP contribution in [0, 0.1) is 0 Å². The summed E-state index contributed by atoms with van der Waals surface area (Å²) in [6.45, 7) is 1.73. The predicted octanol–water partition coefficient (Wildman–Crippen LogP) is 6.39. The Labute approximate surface area is 187 Å². The predicted molar refractivity (Wildman–Crippen MR) is 116 cm³/mol. The molecule has 3 aromatic rings. The number of carbonyl (C=O) groups is 1. The fourth-order valence-electron chi connectivity index (χ4n) is 3.37. The Hall–Kier alpha value is -2.51. The van der Waals surface area contributed by atoms with Gasteiger partial charge in [0.25, 0.3) is 0 Å². The average molecular weight is 471 g/mol. The monoisotopic (exact) mass is 470 g/mol. The van der Waals surface area contributed by atoms with Crippen molar-refractivity contribution in [3.63, 3.8) is 0 Å². The second-order valence-electron chi connectivity index (χ2n) is 6.99. The van der Waals surface area contributed by atoms with Gasteiger partial charge in [-0.25, -0.2) is 9.78 Å². The Morgan fingerprint density at radius 1 is 1.10 bits per heavy atom. The van der Waals surface area contributed by atoms with Crippen molar-refractivity contribution < 1.29 is 22.7 Å². The van der Waals surface area contributed by atoms with Gasteiger partial charge in [0, 0.05) is 30.9 Å². The zero-order chi connectivity index (χ0) is 22.9. The molecule has 0 atom stereocenters. The van der Waals surface area contributed by atoms with Crippen LogP contribution in [0.1, 0.15) is 34.0 Å². The summed E-state index contributed by atoms with van der Waals surface area (Å²) in [4.78, 5) is 18.6. The summed E-state index contributed by atoms with van der Waals surface area (Å²) in [7, 11) is 3.18. The molecule has 31 heavy (non-hydrogen) atoms. The number of ether oxygens (including phenoxy) is 1. The van der Waals surface area contributed by atoms with Gasteiger partial charge < -0.3 is 9.64 Å². The minimum Gasteiger partial charge on any atom is -0.462 e. The largest absolute Gasteiger partial charge is 0.462 e. The summed E-state index contributed by atoms with van der Waals surface area (Å²) < 4.78 is 46.5. The lowest BCUT2D eigenvalue weighted by Crippen LogP contribution is -2.21. The van der Waals surface area contributed by atoms with Crippen LogP contribution in [0.4, 0.5) is 19.0 Å². The molecule has 164 valence electrons. The van der Waals surface area contributed by atoms with Crippen molar-refractivity contribution in [2.24, 2.45) is 0 Å². The molecule has 0 spiro atoms. The molecule has 3 rings (SSSR count). The molecule has 0 aliphatic heterocycles. The first-order valence-electron chi connectivity index (χ1n) is 9.36. The molecule has 0 fully saturated rings. The van der Waals surface area contributed by atoms with E-state index >= 15 is 0 Å². The van der Waals surface area contributed by atoms with Gasteiger partial charge in [0.2, 0.25) is 0 Å². The minimum atomic E-state index is -4.66. The molecule has 0 unspecified atom stereocenters. The SMILES string of the molecule is CCOC(=O)c1c(N(C)C)nc2c(C(F)(F)F)ccc(Cl)c2c1Cc1ccccc1Cl. The number of rotatable bonds is 5. The third-order valence-electron chi connectivity index (χ3n) is 4.71. The van der Waals surface area contributed by atoms with Crippen LogP contribution in [0.2, 0.25) is 10.0 Å². The van der Waals surface area contributed by atoms with Crippen molar-refractivity contribution in [3.05, 3.63) is 68.7 Å². The van der Waals surface area contributed by atoms with Crippen molar-refractivity contribution >= 4 is 45.9 Å². The quantitative estimate of drug-likeness (QED) is 0.405. The summed E-state index contributed by atoms with van der Waals surface area (Å²) >= 11 is 12.7. The zero-order valence-corrected chi connectivity index (χ0v) is 18.5. The van der Waals surface area contributed by atoms with Crippen molar-refractivity contribution in [1.29, 1.82) is 0 Å². The van der Waals surface area contributed by atoms with E-state index in [-0.39, 0.29) is 45.9 Å². The molecular weight excluding hydrogens is 452 g/mol. The van der Waals surface area contributed by atoms with Gasteiger partial charge in [0.05, 0.1) is 22.7 Å². The number of hydrogen-bond donors (Lipinski definition) is 0. The van der Waals surface area contributed by atoms with Gasteiger partial charge in [-0.1, -0.05) is 41.4 Å². The van der Waals surface area contributed by atoms with Gasteiger partial charge in [-0.15, -0.1) is 0 Å².